The molecule has 1 fully saturated rings. The Balaban J connectivity index is 1.48. The molecule has 24 heavy (non-hydrogen) atoms. The van der Waals surface area contributed by atoms with E-state index in [1.807, 2.05) is 42.5 Å². The van der Waals surface area contributed by atoms with Gasteiger partial charge >= 0.3 is 0 Å². The van der Waals surface area contributed by atoms with Gasteiger partial charge in [-0.3, -0.25) is 0 Å². The standard InChI is InChI=1S/C18H19N5O/c24-17-8-6-14(7-9-17)12-15-10-11-22(13-15)18-19-20-21-23(18)16-4-2-1-3-5-16/h1-9,15,24H,10-13H2. The number of hydrogen-bond acceptors (Lipinski definition) is 5. The van der Waals surface area contributed by atoms with E-state index in [1.54, 1.807) is 16.8 Å². The Kier molecular flexibility index (Phi) is 3.86. The summed E-state index contributed by atoms with van der Waals surface area (Å²) in [5, 5.41) is 21.6. The molecule has 0 radical (unpaired) electrons. The zero-order chi connectivity index (χ0) is 16.4. The quantitative estimate of drug-likeness (QED) is 0.799. The van der Waals surface area contributed by atoms with Crippen LogP contribution in [0.5, 0.6) is 5.75 Å². The van der Waals surface area contributed by atoms with Crippen LogP contribution >= 0.6 is 0 Å². The molecule has 0 saturated carbocycles. The summed E-state index contributed by atoms with van der Waals surface area (Å²) < 4.78 is 1.79. The van der Waals surface area contributed by atoms with Crippen molar-refractivity contribution in [3.05, 3.63) is 60.2 Å². The van der Waals surface area contributed by atoms with Crippen LogP contribution in [0.1, 0.15) is 12.0 Å². The van der Waals surface area contributed by atoms with Crippen LogP contribution in [0.15, 0.2) is 54.6 Å². The Bertz CT molecular complexity index is 800. The number of hydrogen-bond donors (Lipinski definition) is 1. The van der Waals surface area contributed by atoms with Gasteiger partial charge in [-0.2, -0.15) is 4.68 Å². The average molecular weight is 321 g/mol. The molecule has 0 aliphatic carbocycles. The molecular formula is C18H19N5O. The predicted octanol–water partition coefficient (Wildman–Crippen LogP) is 2.44. The van der Waals surface area contributed by atoms with E-state index in [1.165, 1.54) is 5.56 Å². The van der Waals surface area contributed by atoms with Crippen molar-refractivity contribution in [1.82, 2.24) is 20.2 Å². The van der Waals surface area contributed by atoms with Crippen molar-refractivity contribution >= 4 is 5.95 Å². The van der Waals surface area contributed by atoms with Crippen LogP contribution in [0.25, 0.3) is 5.69 Å². The van der Waals surface area contributed by atoms with Gasteiger partial charge in [0, 0.05) is 13.1 Å². The number of rotatable bonds is 4. The van der Waals surface area contributed by atoms with E-state index < -0.39 is 0 Å². The summed E-state index contributed by atoms with van der Waals surface area (Å²) in [5.41, 5.74) is 2.22. The van der Waals surface area contributed by atoms with Gasteiger partial charge in [0.1, 0.15) is 5.75 Å². The Morgan fingerprint density at radius 2 is 1.83 bits per heavy atom. The number of benzene rings is 2. The second-order valence-corrected chi connectivity index (χ2v) is 6.20. The summed E-state index contributed by atoms with van der Waals surface area (Å²) in [6.45, 7) is 1.89. The van der Waals surface area contributed by atoms with Gasteiger partial charge in [-0.1, -0.05) is 35.4 Å². The van der Waals surface area contributed by atoms with Crippen molar-refractivity contribution in [2.45, 2.75) is 12.8 Å². The van der Waals surface area contributed by atoms with Crippen LogP contribution in [0.2, 0.25) is 0 Å². The molecule has 1 N–H and O–H groups in total. The maximum atomic E-state index is 9.39. The third kappa shape index (κ3) is 2.95. The molecule has 6 heteroatoms. The maximum absolute atomic E-state index is 9.39. The van der Waals surface area contributed by atoms with E-state index in [4.69, 9.17) is 0 Å². The summed E-state index contributed by atoms with van der Waals surface area (Å²) in [7, 11) is 0. The molecule has 1 unspecified atom stereocenters. The van der Waals surface area contributed by atoms with Gasteiger partial charge in [0.15, 0.2) is 0 Å². The molecule has 122 valence electrons. The number of tetrazole rings is 1. The number of phenols is 1. The number of para-hydroxylation sites is 1. The highest BCUT2D eigenvalue weighted by molar-refractivity contribution is 5.41. The zero-order valence-corrected chi connectivity index (χ0v) is 13.3. The molecule has 3 aromatic rings. The number of phenolic OH excluding ortho intramolecular Hbond substituents is 1. The zero-order valence-electron chi connectivity index (χ0n) is 13.3. The molecule has 2 heterocycles. The average Bonchev–Trinajstić information content (AvgIpc) is 3.27. The minimum absolute atomic E-state index is 0.314. The minimum Gasteiger partial charge on any atom is -0.508 e. The summed E-state index contributed by atoms with van der Waals surface area (Å²) in [6.07, 6.45) is 2.12. The van der Waals surface area contributed by atoms with Crippen LogP contribution < -0.4 is 4.90 Å². The fraction of sp³-hybridized carbons (Fsp3) is 0.278. The topological polar surface area (TPSA) is 67.1 Å². The lowest BCUT2D eigenvalue weighted by Gasteiger charge is -2.17. The van der Waals surface area contributed by atoms with E-state index in [0.717, 1.165) is 37.6 Å². The van der Waals surface area contributed by atoms with Gasteiger partial charge in [0.05, 0.1) is 5.69 Å². The Labute approximate surface area is 140 Å². The van der Waals surface area contributed by atoms with Crippen molar-refractivity contribution in [1.29, 1.82) is 0 Å². The highest BCUT2D eigenvalue weighted by Crippen LogP contribution is 2.26. The number of aromatic nitrogens is 4. The van der Waals surface area contributed by atoms with Gasteiger partial charge in [-0.05, 0) is 59.0 Å². The van der Waals surface area contributed by atoms with Gasteiger partial charge < -0.3 is 10.0 Å². The van der Waals surface area contributed by atoms with Crippen molar-refractivity contribution in [2.24, 2.45) is 5.92 Å². The van der Waals surface area contributed by atoms with E-state index in [9.17, 15) is 5.11 Å². The molecule has 1 aromatic heterocycles. The van der Waals surface area contributed by atoms with Crippen LogP contribution in [0, 0.1) is 5.92 Å². The third-order valence-electron chi connectivity index (χ3n) is 4.48. The van der Waals surface area contributed by atoms with Crippen LogP contribution in [0.4, 0.5) is 5.95 Å². The molecule has 1 aliphatic heterocycles. The first kappa shape index (κ1) is 14.7. The number of anilines is 1. The Morgan fingerprint density at radius 1 is 1.04 bits per heavy atom. The fourth-order valence-corrected chi connectivity index (χ4v) is 3.26. The number of aromatic hydroxyl groups is 1. The van der Waals surface area contributed by atoms with Crippen LogP contribution in [0.3, 0.4) is 0 Å². The lowest BCUT2D eigenvalue weighted by Crippen LogP contribution is -2.24. The van der Waals surface area contributed by atoms with Crippen LogP contribution in [-0.4, -0.2) is 38.4 Å². The highest BCUT2D eigenvalue weighted by Gasteiger charge is 2.26. The normalized spacial score (nSPS) is 17.3. The first-order chi connectivity index (χ1) is 11.8. The highest BCUT2D eigenvalue weighted by atomic mass is 16.3. The van der Waals surface area contributed by atoms with Crippen molar-refractivity contribution in [2.75, 3.05) is 18.0 Å². The lowest BCUT2D eigenvalue weighted by molar-refractivity contribution is 0.474. The van der Waals surface area contributed by atoms with E-state index in [0.29, 0.717) is 11.7 Å². The minimum atomic E-state index is 0.314. The first-order valence-corrected chi connectivity index (χ1v) is 8.16. The SMILES string of the molecule is Oc1ccc(CC2CCN(c3nnnn3-c3ccccc3)C2)cc1. The molecule has 0 amide bonds. The van der Waals surface area contributed by atoms with Crippen LogP contribution in [-0.2, 0) is 6.42 Å². The largest absolute Gasteiger partial charge is 0.508 e. The maximum Gasteiger partial charge on any atom is 0.250 e. The summed E-state index contributed by atoms with van der Waals surface area (Å²) >= 11 is 0. The molecule has 1 aliphatic rings. The third-order valence-corrected chi connectivity index (χ3v) is 4.48. The Morgan fingerprint density at radius 3 is 2.62 bits per heavy atom. The van der Waals surface area contributed by atoms with Crippen molar-refractivity contribution in [3.8, 4) is 11.4 Å². The molecule has 6 nitrogen and oxygen atoms in total. The molecule has 1 atom stereocenters. The molecule has 1 saturated heterocycles. The molecule has 2 aromatic carbocycles. The smallest absolute Gasteiger partial charge is 0.250 e. The van der Waals surface area contributed by atoms with Gasteiger partial charge in [-0.15, -0.1) is 0 Å². The van der Waals surface area contributed by atoms with E-state index >= 15 is 0 Å². The van der Waals surface area contributed by atoms with E-state index in [-0.39, 0.29) is 0 Å². The second kappa shape index (κ2) is 6.31. The summed E-state index contributed by atoms with van der Waals surface area (Å²) in [5.74, 6) is 1.68. The second-order valence-electron chi connectivity index (χ2n) is 6.20. The van der Waals surface area contributed by atoms with E-state index in [2.05, 4.69) is 20.4 Å². The molecule has 0 bridgehead atoms. The monoisotopic (exact) mass is 321 g/mol. The molecule has 4 rings (SSSR count). The van der Waals surface area contributed by atoms with Gasteiger partial charge in [0.2, 0.25) is 5.95 Å². The molecule has 0 spiro atoms. The predicted molar refractivity (Wildman–Crippen MR) is 91.3 cm³/mol. The number of nitrogens with zero attached hydrogens (tertiary/aromatic N) is 5. The van der Waals surface area contributed by atoms with Crippen molar-refractivity contribution in [3.63, 3.8) is 0 Å². The Hall–Kier alpha value is -2.89. The summed E-state index contributed by atoms with van der Waals surface area (Å²) in [6, 6.07) is 17.4. The summed E-state index contributed by atoms with van der Waals surface area (Å²) in [4.78, 5) is 2.25. The molecular weight excluding hydrogens is 302 g/mol. The first-order valence-electron chi connectivity index (χ1n) is 8.16. The van der Waals surface area contributed by atoms with Gasteiger partial charge in [0.25, 0.3) is 0 Å². The van der Waals surface area contributed by atoms with Gasteiger partial charge in [-0.25, -0.2) is 0 Å². The van der Waals surface area contributed by atoms with Crippen molar-refractivity contribution < 1.29 is 5.11 Å². The lowest BCUT2D eigenvalue weighted by atomic mass is 9.99. The fourth-order valence-electron chi connectivity index (χ4n) is 3.26.